The molecule has 3 aliphatic rings. The second-order valence-corrected chi connectivity index (χ2v) is 10.9. The SMILES string of the molecule is N#Cc1ccc(CCCC(=O)O)c(NC(=O)[C@@H]2C[C@]23CCOc2ccc(C(=O)NC4CCC(O)CC4)cc23)c1. The van der Waals surface area contributed by atoms with E-state index in [-0.39, 0.29) is 36.3 Å². The highest BCUT2D eigenvalue weighted by Crippen LogP contribution is 2.61. The van der Waals surface area contributed by atoms with E-state index in [1.807, 2.05) is 6.07 Å². The minimum Gasteiger partial charge on any atom is -0.493 e. The van der Waals surface area contributed by atoms with Gasteiger partial charge in [0.25, 0.3) is 5.91 Å². The van der Waals surface area contributed by atoms with Crippen molar-refractivity contribution in [1.29, 1.82) is 5.26 Å². The Kier molecular flexibility index (Phi) is 7.58. The summed E-state index contributed by atoms with van der Waals surface area (Å²) >= 11 is 0. The molecule has 1 heterocycles. The Balaban J connectivity index is 1.31. The molecule has 2 amide bonds. The molecule has 204 valence electrons. The Morgan fingerprint density at radius 2 is 1.90 bits per heavy atom. The summed E-state index contributed by atoms with van der Waals surface area (Å²) < 4.78 is 5.88. The number of rotatable bonds is 8. The van der Waals surface area contributed by atoms with E-state index in [1.54, 1.807) is 30.3 Å². The minimum absolute atomic E-state index is 0.0223. The number of nitrogens with one attached hydrogen (secondary N) is 2. The van der Waals surface area contributed by atoms with Crippen molar-refractivity contribution in [2.75, 3.05) is 11.9 Å². The van der Waals surface area contributed by atoms with Crippen molar-refractivity contribution in [2.45, 2.75) is 75.3 Å². The van der Waals surface area contributed by atoms with Gasteiger partial charge in [-0.3, -0.25) is 14.4 Å². The Morgan fingerprint density at radius 3 is 2.64 bits per heavy atom. The molecule has 0 unspecified atom stereocenters. The molecular formula is C30H33N3O6. The third-order valence-electron chi connectivity index (χ3n) is 8.34. The summed E-state index contributed by atoms with van der Waals surface area (Å²) in [5.41, 5.74) is 2.71. The van der Waals surface area contributed by atoms with Gasteiger partial charge in [-0.05, 0) is 87.3 Å². The van der Waals surface area contributed by atoms with E-state index in [9.17, 15) is 24.8 Å². The smallest absolute Gasteiger partial charge is 0.303 e. The predicted octanol–water partition coefficient (Wildman–Crippen LogP) is 3.68. The number of anilines is 1. The summed E-state index contributed by atoms with van der Waals surface area (Å²) in [5, 5.41) is 34.2. The molecule has 9 heteroatoms. The van der Waals surface area contributed by atoms with E-state index in [0.29, 0.717) is 67.7 Å². The molecule has 2 aromatic rings. The molecule has 1 spiro atoms. The van der Waals surface area contributed by atoms with Crippen LogP contribution in [0.15, 0.2) is 36.4 Å². The molecule has 4 N–H and O–H groups in total. The fourth-order valence-corrected chi connectivity index (χ4v) is 6.01. The number of carbonyl (C=O) groups excluding carboxylic acids is 2. The van der Waals surface area contributed by atoms with Crippen molar-refractivity contribution in [2.24, 2.45) is 5.92 Å². The minimum atomic E-state index is -0.877. The van der Waals surface area contributed by atoms with Gasteiger partial charge in [-0.15, -0.1) is 0 Å². The number of benzene rings is 2. The number of hydrogen-bond acceptors (Lipinski definition) is 6. The lowest BCUT2D eigenvalue weighted by Gasteiger charge is -2.28. The van der Waals surface area contributed by atoms with Crippen LogP contribution in [0.3, 0.4) is 0 Å². The summed E-state index contributed by atoms with van der Waals surface area (Å²) in [6, 6.07) is 12.6. The molecule has 2 aliphatic carbocycles. The van der Waals surface area contributed by atoms with Gasteiger partial charge in [-0.1, -0.05) is 6.07 Å². The lowest BCUT2D eigenvalue weighted by Crippen LogP contribution is -2.38. The highest BCUT2D eigenvalue weighted by molar-refractivity contribution is 5.98. The van der Waals surface area contributed by atoms with E-state index in [0.717, 1.165) is 24.0 Å². The normalized spacial score (nSPS) is 25.1. The summed E-state index contributed by atoms with van der Waals surface area (Å²) in [7, 11) is 0. The zero-order chi connectivity index (χ0) is 27.6. The summed E-state index contributed by atoms with van der Waals surface area (Å²) in [6.07, 6.45) is 4.78. The fraction of sp³-hybridized carbons (Fsp3) is 0.467. The largest absolute Gasteiger partial charge is 0.493 e. The second kappa shape index (κ2) is 11.1. The van der Waals surface area contributed by atoms with E-state index < -0.39 is 11.4 Å². The first-order valence-corrected chi connectivity index (χ1v) is 13.6. The third kappa shape index (κ3) is 5.76. The van der Waals surface area contributed by atoms with Crippen LogP contribution in [-0.4, -0.2) is 46.7 Å². The molecule has 9 nitrogen and oxygen atoms in total. The van der Waals surface area contributed by atoms with Crippen LogP contribution < -0.4 is 15.4 Å². The molecule has 0 saturated heterocycles. The summed E-state index contributed by atoms with van der Waals surface area (Å²) in [6.45, 7) is 0.483. The number of nitrogens with zero attached hydrogens (tertiary/aromatic N) is 1. The van der Waals surface area contributed by atoms with Crippen LogP contribution in [0.2, 0.25) is 0 Å². The number of nitriles is 1. The average Bonchev–Trinajstić information content (AvgIpc) is 3.65. The van der Waals surface area contributed by atoms with Gasteiger partial charge in [-0.2, -0.15) is 5.26 Å². The quantitative estimate of drug-likeness (QED) is 0.406. The average molecular weight is 532 g/mol. The van der Waals surface area contributed by atoms with Gasteiger partial charge in [0, 0.05) is 40.6 Å². The van der Waals surface area contributed by atoms with Gasteiger partial charge in [-0.25, -0.2) is 0 Å². The number of ether oxygens (including phenoxy) is 1. The predicted molar refractivity (Wildman–Crippen MR) is 142 cm³/mol. The Labute approximate surface area is 227 Å². The molecule has 0 aromatic heterocycles. The monoisotopic (exact) mass is 531 g/mol. The molecule has 1 aliphatic heterocycles. The molecule has 2 saturated carbocycles. The van der Waals surface area contributed by atoms with Crippen LogP contribution in [0.1, 0.15) is 78.4 Å². The Morgan fingerprint density at radius 1 is 1.10 bits per heavy atom. The second-order valence-electron chi connectivity index (χ2n) is 10.9. The van der Waals surface area contributed by atoms with Crippen LogP contribution in [-0.2, 0) is 21.4 Å². The molecule has 0 bridgehead atoms. The first-order chi connectivity index (χ1) is 18.8. The molecule has 39 heavy (non-hydrogen) atoms. The van der Waals surface area contributed by atoms with Gasteiger partial charge in [0.1, 0.15) is 5.75 Å². The number of carboxylic acid groups (broad SMARTS) is 1. The molecule has 5 rings (SSSR count). The molecule has 2 atom stereocenters. The van der Waals surface area contributed by atoms with Gasteiger partial charge >= 0.3 is 5.97 Å². The molecule has 2 fully saturated rings. The van der Waals surface area contributed by atoms with E-state index in [2.05, 4.69) is 16.7 Å². The zero-order valence-electron chi connectivity index (χ0n) is 21.7. The van der Waals surface area contributed by atoms with Crippen LogP contribution >= 0.6 is 0 Å². The van der Waals surface area contributed by atoms with Gasteiger partial charge in [0.2, 0.25) is 5.91 Å². The van der Waals surface area contributed by atoms with E-state index >= 15 is 0 Å². The molecule has 2 aromatic carbocycles. The van der Waals surface area contributed by atoms with Crippen molar-refractivity contribution in [1.82, 2.24) is 5.32 Å². The summed E-state index contributed by atoms with van der Waals surface area (Å²) in [5.74, 6) is -0.822. The Hall–Kier alpha value is -3.90. The van der Waals surface area contributed by atoms with Gasteiger partial charge in [0.05, 0.1) is 24.3 Å². The first-order valence-electron chi connectivity index (χ1n) is 13.6. The van der Waals surface area contributed by atoms with Crippen LogP contribution in [0.4, 0.5) is 5.69 Å². The maximum Gasteiger partial charge on any atom is 0.303 e. The van der Waals surface area contributed by atoms with Crippen LogP contribution in [0, 0.1) is 17.2 Å². The third-order valence-corrected chi connectivity index (χ3v) is 8.34. The van der Waals surface area contributed by atoms with Gasteiger partial charge < -0.3 is 25.6 Å². The maximum atomic E-state index is 13.5. The van der Waals surface area contributed by atoms with E-state index in [1.165, 1.54) is 0 Å². The lowest BCUT2D eigenvalue weighted by molar-refractivity contribution is -0.137. The number of carbonyl (C=O) groups is 3. The number of aliphatic hydroxyl groups is 1. The number of hydrogen-bond donors (Lipinski definition) is 4. The van der Waals surface area contributed by atoms with Crippen molar-refractivity contribution in [3.63, 3.8) is 0 Å². The molecular weight excluding hydrogens is 498 g/mol. The van der Waals surface area contributed by atoms with Crippen molar-refractivity contribution in [3.05, 3.63) is 58.7 Å². The lowest BCUT2D eigenvalue weighted by atomic mass is 9.86. The maximum absolute atomic E-state index is 13.5. The van der Waals surface area contributed by atoms with Crippen molar-refractivity contribution < 1.29 is 29.3 Å². The van der Waals surface area contributed by atoms with Gasteiger partial charge in [0.15, 0.2) is 0 Å². The highest BCUT2D eigenvalue weighted by atomic mass is 16.5. The number of aliphatic carboxylic acids is 1. The van der Waals surface area contributed by atoms with Crippen LogP contribution in [0.25, 0.3) is 0 Å². The highest BCUT2D eigenvalue weighted by Gasteiger charge is 2.61. The van der Waals surface area contributed by atoms with Crippen LogP contribution in [0.5, 0.6) is 5.75 Å². The van der Waals surface area contributed by atoms with E-state index in [4.69, 9.17) is 9.84 Å². The zero-order valence-corrected chi connectivity index (χ0v) is 21.7. The molecule has 0 radical (unpaired) electrons. The Bertz CT molecular complexity index is 1330. The standard InChI is InChI=1S/C30H33N3O6/c31-17-18-4-5-19(2-1-3-27(35)36)25(14-18)33-29(38)24-16-30(24)12-13-39-26-11-6-20(15-23(26)30)28(37)32-21-7-9-22(34)10-8-21/h4-6,11,14-15,21-22,24,34H,1-3,7-10,12-13,16H2,(H,32,37)(H,33,38)(H,35,36)/t21?,22?,24-,30-/m0/s1. The topological polar surface area (TPSA) is 149 Å². The fourth-order valence-electron chi connectivity index (χ4n) is 6.01. The number of amides is 2. The number of aliphatic hydroxyl groups excluding tert-OH is 1. The van der Waals surface area contributed by atoms with Crippen molar-refractivity contribution >= 4 is 23.5 Å². The number of aryl methyl sites for hydroxylation is 1. The summed E-state index contributed by atoms with van der Waals surface area (Å²) in [4.78, 5) is 37.5. The first kappa shape index (κ1) is 26.7. The number of carboxylic acids is 1. The number of fused-ring (bicyclic) bond motifs is 2. The van der Waals surface area contributed by atoms with Crippen molar-refractivity contribution in [3.8, 4) is 11.8 Å².